The standard InChI is InChI=1S/C15H30O3Si/c1-4-11-17-19(3,18-12-5-2)13-10-14-6-8-15(16)9-7-14/h14H,4-13H2,1-3H3. The second kappa shape index (κ2) is 8.87. The summed E-state index contributed by atoms with van der Waals surface area (Å²) in [5, 5.41) is 0. The number of hydrogen-bond acceptors (Lipinski definition) is 3. The monoisotopic (exact) mass is 286 g/mol. The Hall–Kier alpha value is -0.193. The van der Waals surface area contributed by atoms with Gasteiger partial charge in [-0.05, 0) is 50.6 Å². The molecule has 0 bridgehead atoms. The molecular formula is C15H30O3Si. The van der Waals surface area contributed by atoms with Gasteiger partial charge in [-0.1, -0.05) is 13.8 Å². The second-order valence-electron chi connectivity index (χ2n) is 5.85. The number of Topliss-reactive ketones (excluding diaryl/α,β-unsaturated/α-hetero) is 1. The molecule has 0 heterocycles. The Morgan fingerprint density at radius 3 is 2.11 bits per heavy atom. The minimum absolute atomic E-state index is 0.445. The molecular weight excluding hydrogens is 256 g/mol. The first kappa shape index (κ1) is 16.9. The SMILES string of the molecule is CCCO[Si](C)(CCC1CCC(=O)CC1)OCCC. The molecule has 1 rings (SSSR count). The van der Waals surface area contributed by atoms with Crippen LogP contribution in [0.15, 0.2) is 0 Å². The molecule has 4 heteroatoms. The average Bonchev–Trinajstić information content (AvgIpc) is 2.43. The second-order valence-corrected chi connectivity index (χ2v) is 9.20. The minimum Gasteiger partial charge on any atom is -0.394 e. The number of hydrogen-bond donors (Lipinski definition) is 0. The van der Waals surface area contributed by atoms with Crippen LogP contribution in [0.4, 0.5) is 0 Å². The molecule has 0 unspecified atom stereocenters. The molecule has 1 aliphatic carbocycles. The predicted octanol–water partition coefficient (Wildman–Crippen LogP) is 4.06. The molecule has 0 saturated heterocycles. The summed E-state index contributed by atoms with van der Waals surface area (Å²) in [4.78, 5) is 11.3. The van der Waals surface area contributed by atoms with Crippen LogP contribution in [0.2, 0.25) is 12.6 Å². The molecule has 0 radical (unpaired) electrons. The van der Waals surface area contributed by atoms with Gasteiger partial charge < -0.3 is 8.85 Å². The normalized spacial score (nSPS) is 17.9. The molecule has 0 atom stereocenters. The molecule has 0 aromatic rings. The third-order valence-electron chi connectivity index (χ3n) is 3.89. The summed E-state index contributed by atoms with van der Waals surface area (Å²) in [6, 6.07) is 1.08. The van der Waals surface area contributed by atoms with E-state index in [1.54, 1.807) is 0 Å². The summed E-state index contributed by atoms with van der Waals surface area (Å²) < 4.78 is 12.1. The topological polar surface area (TPSA) is 35.5 Å². The molecule has 1 fully saturated rings. The van der Waals surface area contributed by atoms with Gasteiger partial charge in [-0.2, -0.15) is 0 Å². The van der Waals surface area contributed by atoms with Crippen molar-refractivity contribution in [3.05, 3.63) is 0 Å². The summed E-state index contributed by atoms with van der Waals surface area (Å²) in [5.41, 5.74) is 0. The lowest BCUT2D eigenvalue weighted by Gasteiger charge is -2.29. The summed E-state index contributed by atoms with van der Waals surface area (Å²) >= 11 is 0. The maximum absolute atomic E-state index is 11.3. The van der Waals surface area contributed by atoms with Crippen LogP contribution in [0.1, 0.15) is 58.8 Å². The van der Waals surface area contributed by atoms with Crippen LogP contribution in [0.3, 0.4) is 0 Å². The minimum atomic E-state index is -1.98. The van der Waals surface area contributed by atoms with Crippen molar-refractivity contribution in [3.8, 4) is 0 Å². The van der Waals surface area contributed by atoms with Crippen molar-refractivity contribution >= 4 is 14.3 Å². The van der Waals surface area contributed by atoms with Gasteiger partial charge in [-0.3, -0.25) is 4.79 Å². The van der Waals surface area contributed by atoms with Crippen LogP contribution >= 0.6 is 0 Å². The Morgan fingerprint density at radius 1 is 1.11 bits per heavy atom. The molecule has 0 aliphatic heterocycles. The largest absolute Gasteiger partial charge is 0.394 e. The summed E-state index contributed by atoms with van der Waals surface area (Å²) in [5.74, 6) is 1.15. The summed E-state index contributed by atoms with van der Waals surface area (Å²) in [7, 11) is -1.98. The van der Waals surface area contributed by atoms with E-state index in [0.717, 1.165) is 57.8 Å². The van der Waals surface area contributed by atoms with Crippen molar-refractivity contribution in [2.75, 3.05) is 13.2 Å². The summed E-state index contributed by atoms with van der Waals surface area (Å²) in [6.07, 6.45) is 6.99. The Kier molecular flexibility index (Phi) is 7.88. The van der Waals surface area contributed by atoms with Crippen molar-refractivity contribution in [2.24, 2.45) is 5.92 Å². The highest BCUT2D eigenvalue weighted by molar-refractivity contribution is 6.66. The zero-order valence-electron chi connectivity index (χ0n) is 12.9. The van der Waals surface area contributed by atoms with Crippen LogP contribution in [-0.2, 0) is 13.6 Å². The van der Waals surface area contributed by atoms with Gasteiger partial charge in [0.25, 0.3) is 0 Å². The Bertz CT molecular complexity index is 250. The smallest absolute Gasteiger partial charge is 0.334 e. The van der Waals surface area contributed by atoms with Gasteiger partial charge in [-0.15, -0.1) is 0 Å². The van der Waals surface area contributed by atoms with E-state index in [2.05, 4.69) is 20.4 Å². The Labute approximate surface area is 119 Å². The third kappa shape index (κ3) is 6.68. The van der Waals surface area contributed by atoms with E-state index in [1.165, 1.54) is 6.42 Å². The number of rotatable bonds is 9. The number of ketones is 1. The van der Waals surface area contributed by atoms with Crippen LogP contribution in [0.5, 0.6) is 0 Å². The maximum atomic E-state index is 11.3. The molecule has 0 aromatic heterocycles. The third-order valence-corrected chi connectivity index (χ3v) is 6.72. The lowest BCUT2D eigenvalue weighted by atomic mass is 9.87. The van der Waals surface area contributed by atoms with E-state index in [-0.39, 0.29) is 0 Å². The molecule has 1 aliphatic rings. The first-order chi connectivity index (χ1) is 9.09. The first-order valence-corrected chi connectivity index (χ1v) is 10.4. The zero-order valence-corrected chi connectivity index (χ0v) is 13.9. The van der Waals surface area contributed by atoms with Gasteiger partial charge >= 0.3 is 8.56 Å². The van der Waals surface area contributed by atoms with Crippen LogP contribution in [-0.4, -0.2) is 27.6 Å². The van der Waals surface area contributed by atoms with Crippen molar-refractivity contribution in [1.29, 1.82) is 0 Å². The highest BCUT2D eigenvalue weighted by atomic mass is 28.4. The number of carbonyl (C=O) groups excluding carboxylic acids is 1. The van der Waals surface area contributed by atoms with Crippen molar-refractivity contribution in [1.82, 2.24) is 0 Å². The molecule has 1 saturated carbocycles. The quantitative estimate of drug-likeness (QED) is 0.600. The maximum Gasteiger partial charge on any atom is 0.334 e. The summed E-state index contributed by atoms with van der Waals surface area (Å²) in [6.45, 7) is 8.11. The fraction of sp³-hybridized carbons (Fsp3) is 0.933. The van der Waals surface area contributed by atoms with Crippen LogP contribution < -0.4 is 0 Å². The van der Waals surface area contributed by atoms with E-state index in [4.69, 9.17) is 8.85 Å². The van der Waals surface area contributed by atoms with Crippen molar-refractivity contribution < 1.29 is 13.6 Å². The first-order valence-electron chi connectivity index (χ1n) is 7.89. The van der Waals surface area contributed by atoms with Gasteiger partial charge in [0.05, 0.1) is 0 Å². The lowest BCUT2D eigenvalue weighted by Crippen LogP contribution is -2.39. The van der Waals surface area contributed by atoms with E-state index >= 15 is 0 Å². The van der Waals surface area contributed by atoms with E-state index < -0.39 is 8.56 Å². The molecule has 19 heavy (non-hydrogen) atoms. The molecule has 112 valence electrons. The lowest BCUT2D eigenvalue weighted by molar-refractivity contribution is -0.121. The van der Waals surface area contributed by atoms with Gasteiger partial charge in [0.1, 0.15) is 5.78 Å². The van der Waals surface area contributed by atoms with Crippen LogP contribution in [0, 0.1) is 5.92 Å². The Balaban J connectivity index is 2.36. The van der Waals surface area contributed by atoms with Crippen molar-refractivity contribution in [2.45, 2.75) is 71.4 Å². The average molecular weight is 286 g/mol. The fourth-order valence-corrected chi connectivity index (χ4v) is 5.15. The fourth-order valence-electron chi connectivity index (χ4n) is 2.58. The van der Waals surface area contributed by atoms with Crippen molar-refractivity contribution in [3.63, 3.8) is 0 Å². The highest BCUT2D eigenvalue weighted by Crippen LogP contribution is 2.29. The molecule has 3 nitrogen and oxygen atoms in total. The van der Waals surface area contributed by atoms with E-state index in [1.807, 2.05) is 0 Å². The Morgan fingerprint density at radius 2 is 1.63 bits per heavy atom. The van der Waals surface area contributed by atoms with Gasteiger partial charge in [0, 0.05) is 26.1 Å². The molecule has 0 amide bonds. The molecule has 0 spiro atoms. The predicted molar refractivity (Wildman–Crippen MR) is 80.5 cm³/mol. The number of carbonyl (C=O) groups is 1. The van der Waals surface area contributed by atoms with E-state index in [9.17, 15) is 4.79 Å². The van der Waals surface area contributed by atoms with Gasteiger partial charge in [0.15, 0.2) is 0 Å². The molecule has 0 N–H and O–H groups in total. The zero-order chi connectivity index (χ0) is 14.1. The highest BCUT2D eigenvalue weighted by Gasteiger charge is 2.32. The van der Waals surface area contributed by atoms with Crippen LogP contribution in [0.25, 0.3) is 0 Å². The molecule has 0 aromatic carbocycles. The van der Waals surface area contributed by atoms with Gasteiger partial charge in [0.2, 0.25) is 0 Å². The van der Waals surface area contributed by atoms with E-state index in [0.29, 0.717) is 11.7 Å². The van der Waals surface area contributed by atoms with Gasteiger partial charge in [-0.25, -0.2) is 0 Å².